The number of hydrogen-bond donors (Lipinski definition) is 1. The average molecular weight is 324 g/mol. The Hall–Kier alpha value is -1.27. The van der Waals surface area contributed by atoms with E-state index in [2.05, 4.69) is 24.1 Å². The zero-order chi connectivity index (χ0) is 15.5. The van der Waals surface area contributed by atoms with Crippen LogP contribution in [0.2, 0.25) is 0 Å². The van der Waals surface area contributed by atoms with Crippen molar-refractivity contribution in [3.63, 3.8) is 0 Å². The van der Waals surface area contributed by atoms with Gasteiger partial charge in [-0.25, -0.2) is 0 Å². The largest absolute Gasteiger partial charge is 0.485 e. The number of thiophene rings is 1. The van der Waals surface area contributed by atoms with E-state index >= 15 is 0 Å². The number of carbonyl (C=O) groups excluding carboxylic acids is 1. The number of ether oxygens (including phenoxy) is 2. The minimum absolute atomic E-state index is 0.0425. The minimum atomic E-state index is -0.0425. The minimum Gasteiger partial charge on any atom is -0.485 e. The van der Waals surface area contributed by atoms with Crippen LogP contribution in [0.5, 0.6) is 11.5 Å². The molecular formula is C16H24N2O3S. The van der Waals surface area contributed by atoms with Crippen LogP contribution in [0.1, 0.15) is 29.9 Å². The van der Waals surface area contributed by atoms with Crippen LogP contribution in [-0.4, -0.2) is 50.2 Å². The smallest absolute Gasteiger partial charge is 0.265 e. The first-order valence-corrected chi connectivity index (χ1v) is 8.89. The first-order valence-electron chi connectivity index (χ1n) is 8.01. The fourth-order valence-corrected chi connectivity index (χ4v) is 3.94. The van der Waals surface area contributed by atoms with E-state index in [1.165, 1.54) is 11.3 Å². The van der Waals surface area contributed by atoms with E-state index in [9.17, 15) is 4.79 Å². The van der Waals surface area contributed by atoms with Crippen LogP contribution < -0.4 is 14.8 Å². The van der Waals surface area contributed by atoms with Crippen molar-refractivity contribution < 1.29 is 14.3 Å². The van der Waals surface area contributed by atoms with E-state index in [0.717, 1.165) is 32.6 Å². The first-order chi connectivity index (χ1) is 10.6. The summed E-state index contributed by atoms with van der Waals surface area (Å²) in [6.07, 6.45) is 1.16. The molecule has 0 bridgehead atoms. The Morgan fingerprint density at radius 2 is 2.27 bits per heavy atom. The number of likely N-dealkylation sites (tertiary alicyclic amines) is 1. The van der Waals surface area contributed by atoms with Gasteiger partial charge < -0.3 is 19.7 Å². The Kier molecular flexibility index (Phi) is 4.88. The van der Waals surface area contributed by atoms with Gasteiger partial charge >= 0.3 is 0 Å². The van der Waals surface area contributed by atoms with Crippen LogP contribution in [0.3, 0.4) is 0 Å². The highest BCUT2D eigenvalue weighted by Gasteiger charge is 2.26. The Morgan fingerprint density at radius 1 is 1.45 bits per heavy atom. The van der Waals surface area contributed by atoms with E-state index in [0.29, 0.717) is 41.4 Å². The monoisotopic (exact) mass is 324 g/mol. The predicted molar refractivity (Wildman–Crippen MR) is 87.0 cm³/mol. The second-order valence-electron chi connectivity index (χ2n) is 6.47. The molecule has 0 radical (unpaired) electrons. The van der Waals surface area contributed by atoms with Crippen molar-refractivity contribution >= 4 is 17.2 Å². The van der Waals surface area contributed by atoms with Gasteiger partial charge in [0, 0.05) is 25.0 Å². The molecule has 0 aromatic carbocycles. The summed E-state index contributed by atoms with van der Waals surface area (Å²) in [7, 11) is 0. The molecule has 1 aromatic rings. The van der Waals surface area contributed by atoms with Crippen LogP contribution in [0, 0.1) is 11.8 Å². The van der Waals surface area contributed by atoms with Crippen molar-refractivity contribution in [2.45, 2.75) is 20.3 Å². The Labute approximate surface area is 135 Å². The second kappa shape index (κ2) is 6.87. The van der Waals surface area contributed by atoms with E-state index in [1.54, 1.807) is 0 Å². The number of hydrogen-bond acceptors (Lipinski definition) is 5. The van der Waals surface area contributed by atoms with Crippen LogP contribution in [-0.2, 0) is 0 Å². The molecule has 122 valence electrons. The van der Waals surface area contributed by atoms with Crippen molar-refractivity contribution in [3.8, 4) is 11.5 Å². The van der Waals surface area contributed by atoms with E-state index in [4.69, 9.17) is 9.47 Å². The van der Waals surface area contributed by atoms with E-state index < -0.39 is 0 Å². The van der Waals surface area contributed by atoms with Crippen LogP contribution in [0.15, 0.2) is 5.38 Å². The number of carbonyl (C=O) groups is 1. The third-order valence-electron chi connectivity index (χ3n) is 4.05. The Morgan fingerprint density at radius 3 is 3.09 bits per heavy atom. The summed E-state index contributed by atoms with van der Waals surface area (Å²) in [5.41, 5.74) is 0. The van der Waals surface area contributed by atoms with Gasteiger partial charge in [0.1, 0.15) is 18.1 Å². The lowest BCUT2D eigenvalue weighted by atomic mass is 10.1. The molecule has 2 aliphatic rings. The third kappa shape index (κ3) is 3.55. The first kappa shape index (κ1) is 15.6. The van der Waals surface area contributed by atoms with Gasteiger partial charge in [0.05, 0.1) is 0 Å². The fourth-order valence-electron chi connectivity index (χ4n) is 3.10. The molecular weight excluding hydrogens is 300 g/mol. The number of fused-ring (bicyclic) bond motifs is 1. The van der Waals surface area contributed by atoms with Gasteiger partial charge in [-0.3, -0.25) is 4.79 Å². The molecule has 1 aromatic heterocycles. The molecule has 0 aliphatic carbocycles. The maximum Gasteiger partial charge on any atom is 0.265 e. The molecule has 2 aliphatic heterocycles. The zero-order valence-electron chi connectivity index (χ0n) is 13.3. The van der Waals surface area contributed by atoms with Gasteiger partial charge in [0.25, 0.3) is 5.91 Å². The van der Waals surface area contributed by atoms with Gasteiger partial charge in [-0.05, 0) is 24.8 Å². The predicted octanol–water partition coefficient (Wildman–Crippen LogP) is 2.23. The van der Waals surface area contributed by atoms with Crippen LogP contribution in [0.4, 0.5) is 0 Å². The molecule has 0 spiro atoms. The standard InChI is InChI=1S/C16H24N2O3S/c1-11(2)8-18-4-3-12(9-18)7-17-16(19)15-14-13(10-22-15)20-5-6-21-14/h10-12H,3-9H2,1-2H3,(H,17,19). The lowest BCUT2D eigenvalue weighted by Crippen LogP contribution is -2.32. The van der Waals surface area contributed by atoms with Crippen molar-refractivity contribution in [3.05, 3.63) is 10.3 Å². The number of rotatable bonds is 5. The summed E-state index contributed by atoms with van der Waals surface area (Å²) in [6, 6.07) is 0. The fraction of sp³-hybridized carbons (Fsp3) is 0.688. The Balaban J connectivity index is 1.50. The van der Waals surface area contributed by atoms with Crippen LogP contribution >= 0.6 is 11.3 Å². The summed E-state index contributed by atoms with van der Waals surface area (Å²) in [5, 5.41) is 4.91. The molecule has 1 amide bonds. The normalized spacial score (nSPS) is 21.3. The summed E-state index contributed by atoms with van der Waals surface area (Å²) in [5.74, 6) is 2.52. The lowest BCUT2D eigenvalue weighted by Gasteiger charge is -2.18. The summed E-state index contributed by atoms with van der Waals surface area (Å²) < 4.78 is 11.0. The number of nitrogens with one attached hydrogen (secondary N) is 1. The molecule has 1 unspecified atom stereocenters. The highest BCUT2D eigenvalue weighted by Crippen LogP contribution is 2.39. The summed E-state index contributed by atoms with van der Waals surface area (Å²) in [6.45, 7) is 9.67. The van der Waals surface area contributed by atoms with Gasteiger partial charge in [-0.2, -0.15) is 0 Å². The quantitative estimate of drug-likeness (QED) is 0.902. The van der Waals surface area contributed by atoms with Gasteiger partial charge in [-0.15, -0.1) is 11.3 Å². The highest BCUT2D eigenvalue weighted by atomic mass is 32.1. The van der Waals surface area contributed by atoms with Crippen molar-refractivity contribution in [1.82, 2.24) is 10.2 Å². The molecule has 3 heterocycles. The molecule has 1 N–H and O–H groups in total. The highest BCUT2D eigenvalue weighted by molar-refractivity contribution is 7.12. The van der Waals surface area contributed by atoms with Crippen molar-refractivity contribution in [2.75, 3.05) is 39.4 Å². The molecule has 6 heteroatoms. The molecule has 22 heavy (non-hydrogen) atoms. The van der Waals surface area contributed by atoms with E-state index in [1.807, 2.05) is 5.38 Å². The maximum absolute atomic E-state index is 12.3. The SMILES string of the molecule is CC(C)CN1CCC(CNC(=O)c2scc3c2OCCO3)C1. The van der Waals surface area contributed by atoms with Gasteiger partial charge in [0.15, 0.2) is 11.5 Å². The molecule has 1 saturated heterocycles. The van der Waals surface area contributed by atoms with Gasteiger partial charge in [0.2, 0.25) is 0 Å². The number of nitrogens with zero attached hydrogens (tertiary/aromatic N) is 1. The Bertz CT molecular complexity index is 529. The second-order valence-corrected chi connectivity index (χ2v) is 7.35. The van der Waals surface area contributed by atoms with Crippen molar-refractivity contribution in [2.24, 2.45) is 11.8 Å². The molecule has 5 nitrogen and oxygen atoms in total. The molecule has 3 rings (SSSR count). The maximum atomic E-state index is 12.3. The number of amides is 1. The molecule has 1 fully saturated rings. The van der Waals surface area contributed by atoms with Gasteiger partial charge in [-0.1, -0.05) is 13.8 Å². The van der Waals surface area contributed by atoms with E-state index in [-0.39, 0.29) is 5.91 Å². The zero-order valence-corrected chi connectivity index (χ0v) is 14.1. The topological polar surface area (TPSA) is 50.8 Å². The lowest BCUT2D eigenvalue weighted by molar-refractivity contribution is 0.0942. The van der Waals surface area contributed by atoms with Crippen molar-refractivity contribution in [1.29, 1.82) is 0 Å². The summed E-state index contributed by atoms with van der Waals surface area (Å²) in [4.78, 5) is 15.5. The van der Waals surface area contributed by atoms with Crippen LogP contribution in [0.25, 0.3) is 0 Å². The molecule has 1 atom stereocenters. The molecule has 0 saturated carbocycles. The average Bonchev–Trinajstić information content (AvgIpc) is 3.10. The summed E-state index contributed by atoms with van der Waals surface area (Å²) >= 11 is 1.39. The third-order valence-corrected chi connectivity index (χ3v) is 4.99.